The molecule has 3 aromatic rings. The minimum Gasteiger partial charge on any atom is -0.493 e. The molecule has 0 radical (unpaired) electrons. The van der Waals surface area contributed by atoms with E-state index < -0.39 is 0 Å². The fourth-order valence-corrected chi connectivity index (χ4v) is 3.95. The van der Waals surface area contributed by atoms with E-state index in [-0.39, 0.29) is 6.04 Å². The first-order chi connectivity index (χ1) is 14.1. The van der Waals surface area contributed by atoms with Gasteiger partial charge < -0.3 is 14.2 Å². The van der Waals surface area contributed by atoms with Gasteiger partial charge in [-0.2, -0.15) is 5.10 Å². The summed E-state index contributed by atoms with van der Waals surface area (Å²) in [6, 6.07) is 14.3. The number of benzene rings is 2. The summed E-state index contributed by atoms with van der Waals surface area (Å²) >= 11 is 0. The maximum absolute atomic E-state index is 5.56. The number of hydrogen-bond donors (Lipinski definition) is 0. The van der Waals surface area contributed by atoms with E-state index in [4.69, 9.17) is 24.3 Å². The lowest BCUT2D eigenvalue weighted by molar-refractivity contribution is 0.323. The first kappa shape index (κ1) is 19.1. The van der Waals surface area contributed by atoms with Crippen LogP contribution in [0, 0.1) is 6.92 Å². The first-order valence-electron chi connectivity index (χ1n) is 9.56. The smallest absolute Gasteiger partial charge is 0.203 e. The standard InChI is InChI=1S/C23H25N3O3/c1-14-11-18(17-12-19(27-3)22(29-5)20(13-17)28-4)26-23(24-14)21(15(2)25-26)16-9-7-6-8-10-16/h6-10,12-13,18H,11H2,1-5H3/t18-/m1/s1. The van der Waals surface area contributed by atoms with Gasteiger partial charge in [-0.25, -0.2) is 9.67 Å². The van der Waals surface area contributed by atoms with Gasteiger partial charge in [-0.15, -0.1) is 0 Å². The maximum atomic E-state index is 5.56. The molecule has 1 aliphatic rings. The van der Waals surface area contributed by atoms with E-state index in [0.29, 0.717) is 17.2 Å². The molecule has 0 unspecified atom stereocenters. The predicted molar refractivity (Wildman–Crippen MR) is 114 cm³/mol. The van der Waals surface area contributed by atoms with Gasteiger partial charge in [0.15, 0.2) is 17.3 Å². The van der Waals surface area contributed by atoms with Crippen molar-refractivity contribution in [3.05, 3.63) is 53.7 Å². The molecule has 6 heteroatoms. The molecule has 0 saturated heterocycles. The lowest BCUT2D eigenvalue weighted by Gasteiger charge is -2.25. The highest BCUT2D eigenvalue weighted by atomic mass is 16.5. The minimum atomic E-state index is -0.00707. The maximum Gasteiger partial charge on any atom is 0.203 e. The van der Waals surface area contributed by atoms with Crippen LogP contribution in [0.15, 0.2) is 47.5 Å². The molecule has 0 spiro atoms. The number of hydrogen-bond acceptors (Lipinski definition) is 5. The molecule has 6 nitrogen and oxygen atoms in total. The van der Waals surface area contributed by atoms with Crippen molar-refractivity contribution in [1.82, 2.24) is 9.78 Å². The number of fused-ring (bicyclic) bond motifs is 1. The average Bonchev–Trinajstić information content (AvgIpc) is 3.08. The summed E-state index contributed by atoms with van der Waals surface area (Å²) < 4.78 is 18.6. The summed E-state index contributed by atoms with van der Waals surface area (Å²) in [5.74, 6) is 2.74. The topological polar surface area (TPSA) is 57.9 Å². The zero-order valence-corrected chi connectivity index (χ0v) is 17.4. The number of methoxy groups -OCH3 is 3. The summed E-state index contributed by atoms with van der Waals surface area (Å²) in [7, 11) is 4.87. The van der Waals surface area contributed by atoms with Crippen LogP contribution < -0.4 is 14.2 Å². The Balaban J connectivity index is 1.89. The number of aryl methyl sites for hydroxylation is 1. The highest BCUT2D eigenvalue weighted by molar-refractivity contribution is 5.90. The predicted octanol–water partition coefficient (Wildman–Crippen LogP) is 4.97. The van der Waals surface area contributed by atoms with Gasteiger partial charge in [0, 0.05) is 17.7 Å². The summed E-state index contributed by atoms with van der Waals surface area (Å²) in [4.78, 5) is 4.87. The fraction of sp³-hybridized carbons (Fsp3) is 0.304. The second kappa shape index (κ2) is 7.62. The van der Waals surface area contributed by atoms with Crippen molar-refractivity contribution in [3.8, 4) is 28.4 Å². The van der Waals surface area contributed by atoms with Crippen LogP contribution in [-0.2, 0) is 0 Å². The number of aliphatic imine (C=N–C) groups is 1. The quantitative estimate of drug-likeness (QED) is 0.616. The van der Waals surface area contributed by atoms with Crippen molar-refractivity contribution in [2.75, 3.05) is 21.3 Å². The van der Waals surface area contributed by atoms with Crippen molar-refractivity contribution in [2.24, 2.45) is 4.99 Å². The highest BCUT2D eigenvalue weighted by Gasteiger charge is 2.29. The Kier molecular flexibility index (Phi) is 5.01. The zero-order valence-electron chi connectivity index (χ0n) is 17.4. The van der Waals surface area contributed by atoms with Crippen LogP contribution in [0.3, 0.4) is 0 Å². The Bertz CT molecular complexity index is 1050. The Labute approximate surface area is 170 Å². The van der Waals surface area contributed by atoms with Gasteiger partial charge in [0.05, 0.1) is 33.1 Å². The second-order valence-electron chi connectivity index (χ2n) is 7.12. The molecule has 1 aromatic heterocycles. The molecule has 0 N–H and O–H groups in total. The Morgan fingerprint density at radius 3 is 2.17 bits per heavy atom. The number of ether oxygens (including phenoxy) is 3. The molecule has 2 heterocycles. The van der Waals surface area contributed by atoms with Crippen LogP contribution in [0.1, 0.15) is 30.6 Å². The van der Waals surface area contributed by atoms with Gasteiger partial charge in [0.2, 0.25) is 5.75 Å². The molecule has 150 valence electrons. The average molecular weight is 391 g/mol. The van der Waals surface area contributed by atoms with E-state index in [9.17, 15) is 0 Å². The first-order valence-corrected chi connectivity index (χ1v) is 9.56. The summed E-state index contributed by atoms with van der Waals surface area (Å²) in [6.45, 7) is 4.09. The summed E-state index contributed by atoms with van der Waals surface area (Å²) in [5.41, 5.74) is 5.25. The normalized spacial score (nSPS) is 15.5. The molecule has 29 heavy (non-hydrogen) atoms. The van der Waals surface area contributed by atoms with Gasteiger partial charge >= 0.3 is 0 Å². The van der Waals surface area contributed by atoms with Crippen LogP contribution in [-0.4, -0.2) is 36.8 Å². The molecule has 0 aliphatic carbocycles. The van der Waals surface area contributed by atoms with Crippen molar-refractivity contribution in [1.29, 1.82) is 0 Å². The van der Waals surface area contributed by atoms with Gasteiger partial charge in [0.1, 0.15) is 0 Å². The van der Waals surface area contributed by atoms with E-state index in [1.807, 2.05) is 41.9 Å². The lowest BCUT2D eigenvalue weighted by Crippen LogP contribution is -2.19. The number of nitrogens with zero attached hydrogens (tertiary/aromatic N) is 3. The molecule has 0 saturated carbocycles. The van der Waals surface area contributed by atoms with Crippen LogP contribution in [0.2, 0.25) is 0 Å². The van der Waals surface area contributed by atoms with E-state index >= 15 is 0 Å². The van der Waals surface area contributed by atoms with E-state index in [1.165, 1.54) is 0 Å². The number of aromatic nitrogens is 2. The molecular formula is C23H25N3O3. The van der Waals surface area contributed by atoms with Crippen LogP contribution in [0.25, 0.3) is 11.1 Å². The van der Waals surface area contributed by atoms with Crippen molar-refractivity contribution < 1.29 is 14.2 Å². The lowest BCUT2D eigenvalue weighted by atomic mass is 9.98. The largest absolute Gasteiger partial charge is 0.493 e. The summed E-state index contributed by atoms with van der Waals surface area (Å²) in [6.07, 6.45) is 0.765. The van der Waals surface area contributed by atoms with Gasteiger partial charge in [-0.05, 0) is 37.1 Å². The van der Waals surface area contributed by atoms with Crippen molar-refractivity contribution in [2.45, 2.75) is 26.3 Å². The number of rotatable bonds is 5. The second-order valence-corrected chi connectivity index (χ2v) is 7.12. The Hall–Kier alpha value is -3.28. The molecule has 0 amide bonds. The molecule has 1 atom stereocenters. The molecule has 1 aliphatic heterocycles. The Morgan fingerprint density at radius 2 is 1.59 bits per heavy atom. The van der Waals surface area contributed by atoms with E-state index in [0.717, 1.165) is 40.3 Å². The molecule has 4 rings (SSSR count). The third-order valence-corrected chi connectivity index (χ3v) is 5.28. The SMILES string of the molecule is COc1cc([C@H]2CC(C)=Nc3c(-c4ccccc4)c(C)nn32)cc(OC)c1OC. The summed E-state index contributed by atoms with van der Waals surface area (Å²) in [5, 5.41) is 4.87. The third-order valence-electron chi connectivity index (χ3n) is 5.28. The van der Waals surface area contributed by atoms with Crippen LogP contribution in [0.4, 0.5) is 5.82 Å². The molecular weight excluding hydrogens is 366 g/mol. The van der Waals surface area contributed by atoms with Crippen molar-refractivity contribution >= 4 is 11.5 Å². The van der Waals surface area contributed by atoms with Crippen molar-refractivity contribution in [3.63, 3.8) is 0 Å². The van der Waals surface area contributed by atoms with E-state index in [1.54, 1.807) is 21.3 Å². The monoisotopic (exact) mass is 391 g/mol. The van der Waals surface area contributed by atoms with Gasteiger partial charge in [-0.1, -0.05) is 30.3 Å². The van der Waals surface area contributed by atoms with Gasteiger partial charge in [-0.3, -0.25) is 0 Å². The van der Waals surface area contributed by atoms with Gasteiger partial charge in [0.25, 0.3) is 0 Å². The Morgan fingerprint density at radius 1 is 0.931 bits per heavy atom. The molecule has 0 bridgehead atoms. The minimum absolute atomic E-state index is 0.00707. The van der Waals surface area contributed by atoms with Crippen LogP contribution in [0.5, 0.6) is 17.2 Å². The molecule has 0 fully saturated rings. The van der Waals surface area contributed by atoms with Crippen LogP contribution >= 0.6 is 0 Å². The van der Waals surface area contributed by atoms with E-state index in [2.05, 4.69) is 19.1 Å². The fourth-order valence-electron chi connectivity index (χ4n) is 3.95. The highest BCUT2D eigenvalue weighted by Crippen LogP contribution is 2.45. The third kappa shape index (κ3) is 3.24. The molecule has 2 aromatic carbocycles. The zero-order chi connectivity index (χ0) is 20.5.